The zero-order chi connectivity index (χ0) is 19.1. The third-order valence-electron chi connectivity index (χ3n) is 5.45. The predicted molar refractivity (Wildman–Crippen MR) is 105 cm³/mol. The highest BCUT2D eigenvalue weighted by Crippen LogP contribution is 2.29. The summed E-state index contributed by atoms with van der Waals surface area (Å²) in [5.74, 6) is 1.78. The van der Waals surface area contributed by atoms with Crippen LogP contribution in [0.3, 0.4) is 0 Å². The summed E-state index contributed by atoms with van der Waals surface area (Å²) >= 11 is 0. The van der Waals surface area contributed by atoms with Gasteiger partial charge in [0, 0.05) is 37.5 Å². The van der Waals surface area contributed by atoms with Crippen LogP contribution >= 0.6 is 0 Å². The molecular formula is C21H22N4O3. The Labute approximate surface area is 163 Å². The van der Waals surface area contributed by atoms with Crippen LogP contribution in [0.25, 0.3) is 0 Å². The summed E-state index contributed by atoms with van der Waals surface area (Å²) in [6.07, 6.45) is 1.93. The molecule has 1 aromatic heterocycles. The van der Waals surface area contributed by atoms with Crippen LogP contribution in [0, 0.1) is 0 Å². The molecule has 0 atom stereocenters. The third-order valence-corrected chi connectivity index (χ3v) is 5.45. The number of aliphatic imine (C=N–C) groups is 1. The van der Waals surface area contributed by atoms with Gasteiger partial charge in [-0.2, -0.15) is 0 Å². The fourth-order valence-corrected chi connectivity index (χ4v) is 3.65. The lowest BCUT2D eigenvalue weighted by Gasteiger charge is -2.32. The van der Waals surface area contributed by atoms with Gasteiger partial charge in [0.05, 0.1) is 32.0 Å². The molecular weight excluding hydrogens is 356 g/mol. The summed E-state index contributed by atoms with van der Waals surface area (Å²) in [7, 11) is 1.84. The first-order chi connectivity index (χ1) is 13.7. The van der Waals surface area contributed by atoms with E-state index in [0.717, 1.165) is 35.0 Å². The Bertz CT molecular complexity index is 954. The van der Waals surface area contributed by atoms with Gasteiger partial charge in [0.2, 0.25) is 5.91 Å². The van der Waals surface area contributed by atoms with Crippen LogP contribution in [-0.4, -0.2) is 67.5 Å². The zero-order valence-electron chi connectivity index (χ0n) is 15.8. The van der Waals surface area contributed by atoms with Crippen molar-refractivity contribution in [2.24, 2.45) is 4.99 Å². The van der Waals surface area contributed by atoms with Crippen molar-refractivity contribution in [3.8, 4) is 5.75 Å². The van der Waals surface area contributed by atoms with Crippen LogP contribution in [0.1, 0.15) is 16.7 Å². The monoisotopic (exact) mass is 378 g/mol. The minimum absolute atomic E-state index is 0.115. The molecule has 144 valence electrons. The normalized spacial score (nSPS) is 19.3. The second-order valence-corrected chi connectivity index (χ2v) is 7.40. The fourth-order valence-electron chi connectivity index (χ4n) is 3.65. The van der Waals surface area contributed by atoms with Crippen molar-refractivity contribution in [2.45, 2.75) is 12.6 Å². The van der Waals surface area contributed by atoms with Gasteiger partial charge in [-0.05, 0) is 29.8 Å². The molecule has 7 nitrogen and oxygen atoms in total. The Kier molecular flexibility index (Phi) is 4.24. The van der Waals surface area contributed by atoms with Crippen LogP contribution < -0.4 is 9.64 Å². The van der Waals surface area contributed by atoms with Crippen molar-refractivity contribution in [3.63, 3.8) is 0 Å². The lowest BCUT2D eigenvalue weighted by Crippen LogP contribution is -2.48. The van der Waals surface area contributed by atoms with E-state index in [0.29, 0.717) is 32.8 Å². The highest BCUT2D eigenvalue weighted by Gasteiger charge is 2.25. The number of fused-ring (bicyclic) bond motifs is 1. The van der Waals surface area contributed by atoms with E-state index in [-0.39, 0.29) is 12.0 Å². The Morgan fingerprint density at radius 1 is 1.18 bits per heavy atom. The number of pyridine rings is 1. The van der Waals surface area contributed by atoms with Gasteiger partial charge in [-0.3, -0.25) is 9.79 Å². The molecule has 2 aromatic rings. The van der Waals surface area contributed by atoms with Crippen molar-refractivity contribution >= 4 is 17.4 Å². The van der Waals surface area contributed by atoms with E-state index in [9.17, 15) is 4.79 Å². The number of hydrogen-bond donors (Lipinski definition) is 0. The molecule has 3 aliphatic heterocycles. The fraction of sp³-hybridized carbons (Fsp3) is 0.381. The first-order valence-corrected chi connectivity index (χ1v) is 9.55. The summed E-state index contributed by atoms with van der Waals surface area (Å²) in [5, 5.41) is 0. The van der Waals surface area contributed by atoms with E-state index in [1.807, 2.05) is 30.1 Å². The summed E-state index contributed by atoms with van der Waals surface area (Å²) in [4.78, 5) is 25.1. The lowest BCUT2D eigenvalue weighted by atomic mass is 10.0. The standard InChI is InChI=1S/C21H22N4O3/c1-24-6-7-25(11-20(24)26)19-8-14(4-5-22-19)21-18-9-16(28-17-12-27-13-17)3-2-15(18)10-23-21/h2-5,8-9,17H,6-7,10-13H2,1H3. The smallest absolute Gasteiger partial charge is 0.241 e. The molecule has 0 N–H and O–H groups in total. The van der Waals surface area contributed by atoms with Crippen LogP contribution in [0.5, 0.6) is 5.75 Å². The molecule has 3 aliphatic rings. The number of carbonyl (C=O) groups is 1. The van der Waals surface area contributed by atoms with Crippen LogP contribution in [0.2, 0.25) is 0 Å². The topological polar surface area (TPSA) is 67.3 Å². The Balaban J connectivity index is 1.40. The lowest BCUT2D eigenvalue weighted by molar-refractivity contribution is -0.129. The number of amides is 1. The number of aromatic nitrogens is 1. The van der Waals surface area contributed by atoms with E-state index in [2.05, 4.69) is 17.1 Å². The molecule has 0 spiro atoms. The summed E-state index contributed by atoms with van der Waals surface area (Å²) in [5.41, 5.74) is 4.26. The van der Waals surface area contributed by atoms with E-state index in [1.54, 1.807) is 11.1 Å². The number of rotatable bonds is 4. The van der Waals surface area contributed by atoms with E-state index < -0.39 is 0 Å². The number of piperazine rings is 1. The van der Waals surface area contributed by atoms with Crippen LogP contribution in [-0.2, 0) is 16.1 Å². The second-order valence-electron chi connectivity index (χ2n) is 7.40. The number of carbonyl (C=O) groups excluding carboxylic acids is 1. The first-order valence-electron chi connectivity index (χ1n) is 9.55. The molecule has 4 heterocycles. The van der Waals surface area contributed by atoms with Crippen LogP contribution in [0.15, 0.2) is 41.5 Å². The average molecular weight is 378 g/mol. The van der Waals surface area contributed by atoms with Gasteiger partial charge in [0.1, 0.15) is 17.7 Å². The first kappa shape index (κ1) is 17.2. The highest BCUT2D eigenvalue weighted by atomic mass is 16.6. The molecule has 0 radical (unpaired) electrons. The second kappa shape index (κ2) is 6.91. The molecule has 28 heavy (non-hydrogen) atoms. The number of nitrogens with zero attached hydrogens (tertiary/aromatic N) is 4. The summed E-state index contributed by atoms with van der Waals surface area (Å²) < 4.78 is 11.1. The van der Waals surface area contributed by atoms with Crippen molar-refractivity contribution in [3.05, 3.63) is 53.2 Å². The number of benzene rings is 1. The molecule has 7 heteroatoms. The summed E-state index contributed by atoms with van der Waals surface area (Å²) in [6.45, 7) is 3.81. The van der Waals surface area contributed by atoms with Gasteiger partial charge < -0.3 is 19.3 Å². The quantitative estimate of drug-likeness (QED) is 0.806. The molecule has 1 amide bonds. The molecule has 2 saturated heterocycles. The van der Waals surface area contributed by atoms with Gasteiger partial charge in [-0.25, -0.2) is 4.98 Å². The molecule has 0 saturated carbocycles. The largest absolute Gasteiger partial charge is 0.486 e. The van der Waals surface area contributed by atoms with Gasteiger partial charge in [-0.15, -0.1) is 0 Å². The third kappa shape index (κ3) is 3.11. The van der Waals surface area contributed by atoms with Crippen molar-refractivity contribution in [1.82, 2.24) is 9.88 Å². The van der Waals surface area contributed by atoms with Gasteiger partial charge in [-0.1, -0.05) is 6.07 Å². The van der Waals surface area contributed by atoms with Gasteiger partial charge >= 0.3 is 0 Å². The van der Waals surface area contributed by atoms with Gasteiger partial charge in [0.15, 0.2) is 0 Å². The molecule has 1 aromatic carbocycles. The van der Waals surface area contributed by atoms with Crippen molar-refractivity contribution in [2.75, 3.05) is 44.8 Å². The molecule has 0 aliphatic carbocycles. The van der Waals surface area contributed by atoms with Crippen molar-refractivity contribution < 1.29 is 14.3 Å². The number of anilines is 1. The molecule has 0 bridgehead atoms. The summed E-state index contributed by atoms with van der Waals surface area (Å²) in [6, 6.07) is 10.2. The number of hydrogen-bond acceptors (Lipinski definition) is 6. The van der Waals surface area contributed by atoms with Crippen LogP contribution in [0.4, 0.5) is 5.82 Å². The molecule has 2 fully saturated rings. The zero-order valence-corrected chi connectivity index (χ0v) is 15.8. The Morgan fingerprint density at radius 2 is 2.07 bits per heavy atom. The maximum Gasteiger partial charge on any atom is 0.241 e. The highest BCUT2D eigenvalue weighted by molar-refractivity contribution is 6.15. The maximum absolute atomic E-state index is 12.0. The van der Waals surface area contributed by atoms with E-state index in [4.69, 9.17) is 14.5 Å². The van der Waals surface area contributed by atoms with E-state index >= 15 is 0 Å². The number of likely N-dealkylation sites (N-methyl/N-ethyl adjacent to an activating group) is 1. The Morgan fingerprint density at radius 3 is 2.86 bits per heavy atom. The SMILES string of the molecule is CN1CCN(c2cc(C3=NCc4ccc(OC5COC5)cc43)ccn2)CC1=O. The Hall–Kier alpha value is -2.93. The predicted octanol–water partition coefficient (Wildman–Crippen LogP) is 1.49. The van der Waals surface area contributed by atoms with Gasteiger partial charge in [0.25, 0.3) is 0 Å². The number of ether oxygens (including phenoxy) is 2. The maximum atomic E-state index is 12.0. The molecule has 5 rings (SSSR count). The van der Waals surface area contributed by atoms with Crippen molar-refractivity contribution in [1.29, 1.82) is 0 Å². The van der Waals surface area contributed by atoms with E-state index in [1.165, 1.54) is 5.56 Å². The average Bonchev–Trinajstić information content (AvgIpc) is 3.10. The minimum atomic E-state index is 0.115. The molecule has 0 unspecified atom stereocenters. The minimum Gasteiger partial charge on any atom is -0.486 e.